The van der Waals surface area contributed by atoms with E-state index < -0.39 is 0 Å². The van der Waals surface area contributed by atoms with Gasteiger partial charge in [0.2, 0.25) is 5.13 Å². The molecule has 0 unspecified atom stereocenters. The topological polar surface area (TPSA) is 72.0 Å². The number of aromatic nitrogens is 2. The molecule has 0 radical (unpaired) electrons. The minimum Gasteiger partial charge on any atom is -0.296 e. The van der Waals surface area contributed by atoms with E-state index in [1.54, 1.807) is 24.3 Å². The van der Waals surface area contributed by atoms with Crippen molar-refractivity contribution in [1.82, 2.24) is 10.2 Å². The van der Waals surface area contributed by atoms with E-state index in [-0.39, 0.29) is 11.7 Å². The van der Waals surface area contributed by atoms with Gasteiger partial charge >= 0.3 is 0 Å². The van der Waals surface area contributed by atoms with Gasteiger partial charge in [0.25, 0.3) is 5.91 Å². The van der Waals surface area contributed by atoms with Gasteiger partial charge in [0.15, 0.2) is 5.78 Å². The summed E-state index contributed by atoms with van der Waals surface area (Å²) in [4.78, 5) is 24.3. The van der Waals surface area contributed by atoms with Crippen LogP contribution < -0.4 is 5.32 Å². The van der Waals surface area contributed by atoms with Gasteiger partial charge in [-0.3, -0.25) is 14.9 Å². The molecule has 8 heteroatoms. The lowest BCUT2D eigenvalue weighted by molar-refractivity contribution is 0.0981. The summed E-state index contributed by atoms with van der Waals surface area (Å²) in [6, 6.07) is 13.7. The van der Waals surface area contributed by atoms with Crippen molar-refractivity contribution in [2.24, 2.45) is 0 Å². The maximum Gasteiger partial charge on any atom is 0.257 e. The number of benzene rings is 2. The Balaban J connectivity index is 1.58. The molecule has 0 spiro atoms. The van der Waals surface area contributed by atoms with E-state index in [1.807, 2.05) is 18.2 Å². The first-order chi connectivity index (χ1) is 12.5. The number of carbonyl (C=O) groups excluding carboxylic acids is 2. The summed E-state index contributed by atoms with van der Waals surface area (Å²) in [7, 11) is 0. The van der Waals surface area contributed by atoms with Crippen molar-refractivity contribution in [1.29, 1.82) is 0 Å². The number of halogens is 2. The molecule has 5 nitrogen and oxygen atoms in total. The number of amides is 1. The van der Waals surface area contributed by atoms with Gasteiger partial charge in [-0.2, -0.15) is 0 Å². The Bertz CT molecular complexity index is 945. The second kappa shape index (κ2) is 8.40. The van der Waals surface area contributed by atoms with Crippen LogP contribution in [0.15, 0.2) is 48.5 Å². The molecule has 2 aromatic carbocycles. The summed E-state index contributed by atoms with van der Waals surface area (Å²) >= 11 is 13.0. The fourth-order valence-corrected chi connectivity index (χ4v) is 3.23. The minimum atomic E-state index is -0.355. The zero-order valence-corrected chi connectivity index (χ0v) is 15.7. The van der Waals surface area contributed by atoms with Crippen LogP contribution >= 0.6 is 34.5 Å². The third kappa shape index (κ3) is 4.66. The van der Waals surface area contributed by atoms with Crippen LogP contribution in [0.4, 0.5) is 5.13 Å². The summed E-state index contributed by atoms with van der Waals surface area (Å²) in [5, 5.41) is 12.3. The molecule has 3 rings (SSSR count). The maximum absolute atomic E-state index is 12.2. The molecule has 0 saturated heterocycles. The average Bonchev–Trinajstić information content (AvgIpc) is 3.10. The van der Waals surface area contributed by atoms with Crippen LogP contribution in [-0.2, 0) is 6.42 Å². The summed E-state index contributed by atoms with van der Waals surface area (Å²) in [6.45, 7) is 0. The Morgan fingerprint density at radius 2 is 1.73 bits per heavy atom. The third-order valence-electron chi connectivity index (χ3n) is 3.53. The Labute approximate surface area is 164 Å². The van der Waals surface area contributed by atoms with Crippen LogP contribution in [0.2, 0.25) is 10.0 Å². The van der Waals surface area contributed by atoms with Crippen LogP contribution in [-0.4, -0.2) is 21.9 Å². The molecule has 1 heterocycles. The molecule has 0 atom stereocenters. The third-order valence-corrected chi connectivity index (χ3v) is 5.17. The predicted octanol–water partition coefficient (Wildman–Crippen LogP) is 4.91. The number of aryl methyl sites for hydroxylation is 1. The van der Waals surface area contributed by atoms with Gasteiger partial charge in [-0.25, -0.2) is 0 Å². The lowest BCUT2D eigenvalue weighted by Gasteiger charge is -2.02. The lowest BCUT2D eigenvalue weighted by Crippen LogP contribution is -2.11. The number of hydrogen-bond acceptors (Lipinski definition) is 5. The first-order valence-electron chi connectivity index (χ1n) is 7.70. The number of nitrogens with zero attached hydrogens (tertiary/aromatic N) is 2. The average molecular weight is 406 g/mol. The molecule has 1 amide bonds. The van der Waals surface area contributed by atoms with Crippen LogP contribution in [0, 0.1) is 0 Å². The molecule has 1 N–H and O–H groups in total. The lowest BCUT2D eigenvalue weighted by atomic mass is 10.1. The highest BCUT2D eigenvalue weighted by atomic mass is 35.5. The zero-order chi connectivity index (χ0) is 18.5. The van der Waals surface area contributed by atoms with E-state index in [1.165, 1.54) is 17.4 Å². The number of carbonyl (C=O) groups is 2. The standard InChI is InChI=1S/C18H13Cl2N3O2S/c19-13-7-6-12(10-14(13)20)17(25)21-18-23-22-16(26-18)9-8-15(24)11-4-2-1-3-5-11/h1-7,10H,8-9H2,(H,21,23,25). The monoisotopic (exact) mass is 405 g/mol. The first-order valence-corrected chi connectivity index (χ1v) is 9.27. The molecule has 132 valence electrons. The number of Topliss-reactive ketones (excluding diaryl/α,β-unsaturated/α-hetero) is 1. The number of nitrogens with one attached hydrogen (secondary N) is 1. The first kappa shape index (κ1) is 18.5. The highest BCUT2D eigenvalue weighted by Gasteiger charge is 2.13. The fraction of sp³-hybridized carbons (Fsp3) is 0.111. The molecule has 0 aliphatic rings. The van der Waals surface area contributed by atoms with Crippen molar-refractivity contribution in [3.8, 4) is 0 Å². The molecule has 0 fully saturated rings. The molecule has 3 aromatic rings. The van der Waals surface area contributed by atoms with Crippen LogP contribution in [0.3, 0.4) is 0 Å². The molecular formula is C18H13Cl2N3O2S. The maximum atomic E-state index is 12.2. The van der Waals surface area contributed by atoms with Crippen LogP contribution in [0.1, 0.15) is 32.1 Å². The van der Waals surface area contributed by atoms with Gasteiger partial charge in [-0.05, 0) is 18.2 Å². The predicted molar refractivity (Wildman–Crippen MR) is 103 cm³/mol. The van der Waals surface area contributed by atoms with Crippen molar-refractivity contribution in [3.63, 3.8) is 0 Å². The van der Waals surface area contributed by atoms with E-state index in [4.69, 9.17) is 23.2 Å². The SMILES string of the molecule is O=C(CCc1nnc(NC(=O)c2ccc(Cl)c(Cl)c2)s1)c1ccccc1. The normalized spacial score (nSPS) is 10.5. The highest BCUT2D eigenvalue weighted by Crippen LogP contribution is 2.24. The Hall–Kier alpha value is -2.28. The van der Waals surface area contributed by atoms with E-state index in [9.17, 15) is 9.59 Å². The van der Waals surface area contributed by atoms with Crippen molar-refractivity contribution in [3.05, 3.63) is 74.7 Å². The Morgan fingerprint density at radius 1 is 0.962 bits per heavy atom. The number of ketones is 1. The number of rotatable bonds is 6. The number of anilines is 1. The second-order valence-electron chi connectivity index (χ2n) is 5.37. The summed E-state index contributed by atoms with van der Waals surface area (Å²) in [6.07, 6.45) is 0.799. The van der Waals surface area contributed by atoms with Gasteiger partial charge in [0.05, 0.1) is 10.0 Å². The molecule has 0 saturated carbocycles. The minimum absolute atomic E-state index is 0.0437. The van der Waals surface area contributed by atoms with E-state index in [2.05, 4.69) is 15.5 Å². The summed E-state index contributed by atoms with van der Waals surface area (Å²) in [5.41, 5.74) is 1.04. The van der Waals surface area contributed by atoms with Crippen LogP contribution in [0.25, 0.3) is 0 Å². The molecule has 1 aromatic heterocycles. The molecular weight excluding hydrogens is 393 g/mol. The summed E-state index contributed by atoms with van der Waals surface area (Å²) < 4.78 is 0. The Morgan fingerprint density at radius 3 is 2.46 bits per heavy atom. The van der Waals surface area contributed by atoms with Crippen molar-refractivity contribution in [2.45, 2.75) is 12.8 Å². The van der Waals surface area contributed by atoms with Gasteiger partial charge in [-0.1, -0.05) is 64.9 Å². The fourth-order valence-electron chi connectivity index (χ4n) is 2.20. The molecule has 0 bridgehead atoms. The largest absolute Gasteiger partial charge is 0.296 e. The van der Waals surface area contributed by atoms with E-state index >= 15 is 0 Å². The second-order valence-corrected chi connectivity index (χ2v) is 7.25. The van der Waals surface area contributed by atoms with Crippen LogP contribution in [0.5, 0.6) is 0 Å². The van der Waals surface area contributed by atoms with Gasteiger partial charge in [-0.15, -0.1) is 10.2 Å². The zero-order valence-electron chi connectivity index (χ0n) is 13.4. The quantitative estimate of drug-likeness (QED) is 0.591. The number of hydrogen-bond donors (Lipinski definition) is 1. The van der Waals surface area contributed by atoms with Gasteiger partial charge < -0.3 is 0 Å². The smallest absolute Gasteiger partial charge is 0.257 e. The van der Waals surface area contributed by atoms with Crippen molar-refractivity contribution >= 4 is 51.4 Å². The van der Waals surface area contributed by atoms with Crippen molar-refractivity contribution < 1.29 is 9.59 Å². The molecule has 0 aliphatic heterocycles. The van der Waals surface area contributed by atoms with Gasteiger partial charge in [0.1, 0.15) is 5.01 Å². The molecule has 26 heavy (non-hydrogen) atoms. The van der Waals surface area contributed by atoms with Crippen molar-refractivity contribution in [2.75, 3.05) is 5.32 Å². The summed E-state index contributed by atoms with van der Waals surface area (Å²) in [5.74, 6) is -0.311. The molecule has 0 aliphatic carbocycles. The van der Waals surface area contributed by atoms with E-state index in [0.29, 0.717) is 44.2 Å². The van der Waals surface area contributed by atoms with Gasteiger partial charge in [0, 0.05) is 24.0 Å². The highest BCUT2D eigenvalue weighted by molar-refractivity contribution is 7.15. The Kier molecular flexibility index (Phi) is 5.98. The van der Waals surface area contributed by atoms with E-state index in [0.717, 1.165) is 0 Å².